The van der Waals surface area contributed by atoms with Crippen molar-refractivity contribution in [1.29, 1.82) is 0 Å². The lowest BCUT2D eigenvalue weighted by atomic mass is 10.3. The summed E-state index contributed by atoms with van der Waals surface area (Å²) in [5, 5.41) is 5.42. The van der Waals surface area contributed by atoms with Crippen molar-refractivity contribution in [1.82, 2.24) is 10.2 Å². The lowest BCUT2D eigenvalue weighted by Crippen LogP contribution is -2.44. The Morgan fingerprint density at radius 3 is 3.25 bits per heavy atom. The lowest BCUT2D eigenvalue weighted by Gasteiger charge is -2.30. The van der Waals surface area contributed by atoms with Crippen LogP contribution in [-0.4, -0.2) is 44.3 Å². The number of nitrogens with two attached hydrogens (primary N) is 1. The predicted molar refractivity (Wildman–Crippen MR) is 67.7 cm³/mol. The van der Waals surface area contributed by atoms with E-state index in [-0.39, 0.29) is 0 Å². The van der Waals surface area contributed by atoms with Gasteiger partial charge in [0.15, 0.2) is 0 Å². The molecule has 0 bridgehead atoms. The number of anilines is 1. The molecule has 1 aliphatic rings. The zero-order valence-electron chi connectivity index (χ0n) is 9.61. The molecule has 1 aromatic rings. The molecule has 0 saturated carbocycles. The van der Waals surface area contributed by atoms with Crippen molar-refractivity contribution in [3.8, 4) is 0 Å². The first-order valence-electron chi connectivity index (χ1n) is 5.58. The van der Waals surface area contributed by atoms with E-state index in [2.05, 4.69) is 17.3 Å². The van der Waals surface area contributed by atoms with Crippen molar-refractivity contribution in [3.05, 3.63) is 16.3 Å². The van der Waals surface area contributed by atoms with E-state index in [9.17, 15) is 0 Å². The zero-order valence-corrected chi connectivity index (χ0v) is 10.4. The maximum Gasteiger partial charge on any atom is 0.0826 e. The molecule has 3 N–H and O–H groups in total. The lowest BCUT2D eigenvalue weighted by molar-refractivity contribution is -0.0181. The molecular formula is C11H19N3OS. The largest absolute Gasteiger partial charge is 0.398 e. The summed E-state index contributed by atoms with van der Waals surface area (Å²) >= 11 is 1.70. The molecule has 0 radical (unpaired) electrons. The van der Waals surface area contributed by atoms with Crippen molar-refractivity contribution in [2.75, 3.05) is 39.0 Å². The number of likely N-dealkylation sites (N-methyl/N-ethyl adjacent to an activating group) is 1. The highest BCUT2D eigenvalue weighted by atomic mass is 32.1. The quantitative estimate of drug-likeness (QED) is 0.817. The average Bonchev–Trinajstić information content (AvgIpc) is 2.65. The van der Waals surface area contributed by atoms with Gasteiger partial charge < -0.3 is 20.7 Å². The molecule has 0 aliphatic carbocycles. The van der Waals surface area contributed by atoms with Gasteiger partial charge >= 0.3 is 0 Å². The molecule has 2 heterocycles. The molecule has 16 heavy (non-hydrogen) atoms. The molecule has 5 heteroatoms. The highest BCUT2D eigenvalue weighted by Gasteiger charge is 2.16. The maximum absolute atomic E-state index is 5.81. The van der Waals surface area contributed by atoms with Crippen LogP contribution in [0.15, 0.2) is 11.4 Å². The third-order valence-corrected chi connectivity index (χ3v) is 3.72. The van der Waals surface area contributed by atoms with Gasteiger partial charge in [0.1, 0.15) is 0 Å². The van der Waals surface area contributed by atoms with Gasteiger partial charge in [0, 0.05) is 36.7 Å². The van der Waals surface area contributed by atoms with Gasteiger partial charge in [-0.1, -0.05) is 0 Å². The summed E-state index contributed by atoms with van der Waals surface area (Å²) in [5.41, 5.74) is 6.70. The van der Waals surface area contributed by atoms with Gasteiger partial charge in [0.2, 0.25) is 0 Å². The van der Waals surface area contributed by atoms with Crippen LogP contribution in [0.2, 0.25) is 0 Å². The predicted octanol–water partition coefficient (Wildman–Crippen LogP) is 0.750. The minimum absolute atomic E-state index is 0.305. The Bertz CT molecular complexity index is 329. The summed E-state index contributed by atoms with van der Waals surface area (Å²) in [6, 6.07) is 1.95. The van der Waals surface area contributed by atoms with E-state index in [1.807, 2.05) is 11.4 Å². The van der Waals surface area contributed by atoms with Crippen LogP contribution in [0.1, 0.15) is 4.88 Å². The number of thiophene rings is 1. The van der Waals surface area contributed by atoms with E-state index >= 15 is 0 Å². The van der Waals surface area contributed by atoms with Crippen LogP contribution in [0.4, 0.5) is 5.69 Å². The number of nitrogens with zero attached hydrogens (tertiary/aromatic N) is 1. The van der Waals surface area contributed by atoms with E-state index in [1.54, 1.807) is 11.3 Å². The minimum Gasteiger partial charge on any atom is -0.398 e. The molecule has 90 valence electrons. The molecule has 0 aromatic carbocycles. The second-order valence-electron chi connectivity index (χ2n) is 4.19. The number of nitrogen functional groups attached to an aromatic ring is 1. The fraction of sp³-hybridized carbons (Fsp3) is 0.636. The number of morpholine rings is 1. The summed E-state index contributed by atoms with van der Waals surface area (Å²) < 4.78 is 5.67. The molecule has 1 aromatic heterocycles. The fourth-order valence-electron chi connectivity index (χ4n) is 1.83. The topological polar surface area (TPSA) is 50.5 Å². The number of ether oxygens (including phenoxy) is 1. The van der Waals surface area contributed by atoms with Gasteiger partial charge in [-0.3, -0.25) is 0 Å². The number of hydrogen-bond donors (Lipinski definition) is 2. The first-order chi connectivity index (χ1) is 7.75. The van der Waals surface area contributed by atoms with Crippen LogP contribution in [0.5, 0.6) is 0 Å². The number of hydrogen-bond acceptors (Lipinski definition) is 5. The van der Waals surface area contributed by atoms with Crippen LogP contribution in [0.3, 0.4) is 0 Å². The molecule has 4 nitrogen and oxygen atoms in total. The van der Waals surface area contributed by atoms with Crippen LogP contribution in [-0.2, 0) is 11.3 Å². The van der Waals surface area contributed by atoms with Crippen LogP contribution in [0, 0.1) is 0 Å². The Hall–Kier alpha value is -0.620. The van der Waals surface area contributed by atoms with E-state index in [0.29, 0.717) is 6.10 Å². The van der Waals surface area contributed by atoms with Crippen LogP contribution < -0.4 is 11.1 Å². The van der Waals surface area contributed by atoms with E-state index in [0.717, 1.165) is 38.5 Å². The van der Waals surface area contributed by atoms with Gasteiger partial charge in [0.05, 0.1) is 12.7 Å². The third-order valence-electron chi connectivity index (χ3n) is 2.78. The summed E-state index contributed by atoms with van der Waals surface area (Å²) in [5.74, 6) is 0. The van der Waals surface area contributed by atoms with Crippen molar-refractivity contribution in [2.45, 2.75) is 12.6 Å². The second kappa shape index (κ2) is 5.63. The van der Waals surface area contributed by atoms with Gasteiger partial charge in [-0.15, -0.1) is 11.3 Å². The monoisotopic (exact) mass is 241 g/mol. The fourth-order valence-corrected chi connectivity index (χ4v) is 2.60. The van der Waals surface area contributed by atoms with Crippen molar-refractivity contribution in [2.24, 2.45) is 0 Å². The number of nitrogens with one attached hydrogen (secondary N) is 1. The summed E-state index contributed by atoms with van der Waals surface area (Å²) in [6.07, 6.45) is 0.305. The summed E-state index contributed by atoms with van der Waals surface area (Å²) in [6.45, 7) is 4.61. The Kier molecular flexibility index (Phi) is 4.17. The normalized spacial score (nSPS) is 22.4. The van der Waals surface area contributed by atoms with Crippen molar-refractivity contribution >= 4 is 17.0 Å². The molecule has 1 fully saturated rings. The molecule has 0 spiro atoms. The number of rotatable bonds is 4. The Balaban J connectivity index is 1.70. The van der Waals surface area contributed by atoms with E-state index in [4.69, 9.17) is 10.5 Å². The van der Waals surface area contributed by atoms with Gasteiger partial charge in [-0.2, -0.15) is 0 Å². The second-order valence-corrected chi connectivity index (χ2v) is 5.19. The zero-order chi connectivity index (χ0) is 11.4. The Morgan fingerprint density at radius 2 is 2.56 bits per heavy atom. The van der Waals surface area contributed by atoms with E-state index in [1.165, 1.54) is 4.88 Å². The smallest absolute Gasteiger partial charge is 0.0826 e. The average molecular weight is 241 g/mol. The molecule has 1 atom stereocenters. The highest BCUT2D eigenvalue weighted by molar-refractivity contribution is 7.10. The third kappa shape index (κ3) is 3.18. The molecular weight excluding hydrogens is 222 g/mol. The molecule has 1 aliphatic heterocycles. The minimum atomic E-state index is 0.305. The van der Waals surface area contributed by atoms with Crippen LogP contribution >= 0.6 is 11.3 Å². The van der Waals surface area contributed by atoms with Gasteiger partial charge in [-0.05, 0) is 18.5 Å². The van der Waals surface area contributed by atoms with Crippen LogP contribution in [0.25, 0.3) is 0 Å². The first kappa shape index (κ1) is 11.9. The standard InChI is InChI=1S/C11H19N3OS/c1-14-3-4-15-9(8-14)6-13-7-11-10(12)2-5-16-11/h2,5,9,13H,3-4,6-8,12H2,1H3. The maximum atomic E-state index is 5.81. The SMILES string of the molecule is CN1CCOC(CNCc2sccc2N)C1. The Labute approximate surface area is 100 Å². The molecule has 0 amide bonds. The van der Waals surface area contributed by atoms with Gasteiger partial charge in [0.25, 0.3) is 0 Å². The van der Waals surface area contributed by atoms with Crippen molar-refractivity contribution in [3.63, 3.8) is 0 Å². The molecule has 1 saturated heterocycles. The van der Waals surface area contributed by atoms with E-state index < -0.39 is 0 Å². The molecule has 2 rings (SSSR count). The summed E-state index contributed by atoms with van der Waals surface area (Å²) in [4.78, 5) is 3.51. The van der Waals surface area contributed by atoms with Crippen molar-refractivity contribution < 1.29 is 4.74 Å². The highest BCUT2D eigenvalue weighted by Crippen LogP contribution is 2.18. The Morgan fingerprint density at radius 1 is 1.69 bits per heavy atom. The molecule has 1 unspecified atom stereocenters. The summed E-state index contributed by atoms with van der Waals surface area (Å²) in [7, 11) is 2.13. The van der Waals surface area contributed by atoms with Gasteiger partial charge in [-0.25, -0.2) is 0 Å². The first-order valence-corrected chi connectivity index (χ1v) is 6.46.